The molecule has 0 aliphatic heterocycles. The van der Waals surface area contributed by atoms with E-state index >= 15 is 0 Å². The van der Waals surface area contributed by atoms with Gasteiger partial charge in [-0.3, -0.25) is 0 Å². The molecule has 0 spiro atoms. The van der Waals surface area contributed by atoms with Crippen molar-refractivity contribution in [1.82, 2.24) is 10.3 Å². The van der Waals surface area contributed by atoms with Crippen molar-refractivity contribution in [2.24, 2.45) is 0 Å². The van der Waals surface area contributed by atoms with Crippen molar-refractivity contribution in [2.45, 2.75) is 19.5 Å². The van der Waals surface area contributed by atoms with Crippen molar-refractivity contribution in [3.63, 3.8) is 0 Å². The van der Waals surface area contributed by atoms with Crippen molar-refractivity contribution in [1.29, 1.82) is 0 Å². The fourth-order valence-corrected chi connectivity index (χ4v) is 3.78. The summed E-state index contributed by atoms with van der Waals surface area (Å²) >= 11 is 14.1. The van der Waals surface area contributed by atoms with E-state index in [4.69, 9.17) is 23.2 Å². The van der Waals surface area contributed by atoms with Crippen LogP contribution in [0.1, 0.15) is 24.2 Å². The number of nitrogens with one attached hydrogen (secondary N) is 1. The van der Waals surface area contributed by atoms with Crippen molar-refractivity contribution in [2.75, 3.05) is 0 Å². The number of aromatic nitrogens is 1. The van der Waals surface area contributed by atoms with Crippen LogP contribution in [0, 0.1) is 0 Å². The molecule has 3 rings (SSSR count). The van der Waals surface area contributed by atoms with Crippen LogP contribution < -0.4 is 5.32 Å². The quantitative estimate of drug-likeness (QED) is 0.604. The summed E-state index contributed by atoms with van der Waals surface area (Å²) in [5.41, 5.74) is 3.07. The van der Waals surface area contributed by atoms with Gasteiger partial charge in [0, 0.05) is 28.6 Å². The van der Waals surface area contributed by atoms with Crippen molar-refractivity contribution >= 4 is 34.5 Å². The van der Waals surface area contributed by atoms with Gasteiger partial charge in [-0.05, 0) is 24.6 Å². The largest absolute Gasteiger partial charge is 0.304 e. The van der Waals surface area contributed by atoms with Crippen LogP contribution in [-0.4, -0.2) is 4.98 Å². The number of benzene rings is 2. The number of nitrogens with zero attached hydrogens (tertiary/aromatic N) is 1. The maximum Gasteiger partial charge on any atom is 0.125 e. The third-order valence-corrected chi connectivity index (χ3v) is 5.22. The molecular weight excluding hydrogens is 347 g/mol. The first kappa shape index (κ1) is 16.5. The van der Waals surface area contributed by atoms with Gasteiger partial charge in [0.15, 0.2) is 0 Å². The highest BCUT2D eigenvalue weighted by Crippen LogP contribution is 2.30. The molecule has 23 heavy (non-hydrogen) atoms. The van der Waals surface area contributed by atoms with Crippen LogP contribution in [-0.2, 0) is 6.54 Å². The summed E-state index contributed by atoms with van der Waals surface area (Å²) in [7, 11) is 0. The van der Waals surface area contributed by atoms with E-state index in [1.165, 1.54) is 0 Å². The highest BCUT2D eigenvalue weighted by Gasteiger charge is 2.11. The molecule has 0 aliphatic rings. The molecule has 1 atom stereocenters. The lowest BCUT2D eigenvalue weighted by molar-refractivity contribution is 0.569. The summed E-state index contributed by atoms with van der Waals surface area (Å²) < 4.78 is 0. The Morgan fingerprint density at radius 2 is 1.74 bits per heavy atom. The average Bonchev–Trinajstić information content (AvgIpc) is 3.02. The minimum Gasteiger partial charge on any atom is -0.304 e. The Hall–Kier alpha value is -1.39. The Kier molecular flexibility index (Phi) is 5.34. The zero-order chi connectivity index (χ0) is 16.2. The first-order valence-electron chi connectivity index (χ1n) is 7.32. The predicted octanol–water partition coefficient (Wildman–Crippen LogP) is 5.97. The molecule has 0 fully saturated rings. The van der Waals surface area contributed by atoms with Gasteiger partial charge in [-0.2, -0.15) is 0 Å². The number of rotatable bonds is 5. The van der Waals surface area contributed by atoms with Gasteiger partial charge in [0.25, 0.3) is 0 Å². The van der Waals surface area contributed by atoms with E-state index in [-0.39, 0.29) is 6.04 Å². The smallest absolute Gasteiger partial charge is 0.125 e. The lowest BCUT2D eigenvalue weighted by Gasteiger charge is -2.14. The van der Waals surface area contributed by atoms with Crippen LogP contribution in [0.4, 0.5) is 0 Å². The minimum absolute atomic E-state index is 0.161. The summed E-state index contributed by atoms with van der Waals surface area (Å²) in [5.74, 6) is 0. The van der Waals surface area contributed by atoms with Crippen LogP contribution in [0.2, 0.25) is 10.0 Å². The average molecular weight is 363 g/mol. The maximum atomic E-state index is 6.23. The molecule has 1 N–H and O–H groups in total. The molecule has 0 amide bonds. The summed E-state index contributed by atoms with van der Waals surface area (Å²) in [4.78, 5) is 4.67. The zero-order valence-electron chi connectivity index (χ0n) is 12.6. The molecule has 118 valence electrons. The highest BCUT2D eigenvalue weighted by atomic mass is 35.5. The monoisotopic (exact) mass is 362 g/mol. The number of halogens is 2. The van der Waals surface area contributed by atoms with Gasteiger partial charge in [0.05, 0.1) is 10.7 Å². The molecule has 0 aliphatic carbocycles. The summed E-state index contributed by atoms with van der Waals surface area (Å²) in [5, 5.41) is 7.97. The Balaban J connectivity index is 1.68. The predicted molar refractivity (Wildman–Crippen MR) is 99.3 cm³/mol. The van der Waals surface area contributed by atoms with Crippen molar-refractivity contribution in [3.8, 4) is 10.6 Å². The third-order valence-electron chi connectivity index (χ3n) is 3.62. The second-order valence-corrected chi connectivity index (χ2v) is 6.92. The van der Waals surface area contributed by atoms with E-state index in [1.807, 2.05) is 48.5 Å². The fraction of sp³-hybridized carbons (Fsp3) is 0.167. The molecular formula is C18H16Cl2N2S. The van der Waals surface area contributed by atoms with Crippen LogP contribution in [0.15, 0.2) is 53.9 Å². The fourth-order valence-electron chi connectivity index (χ4n) is 2.34. The van der Waals surface area contributed by atoms with E-state index in [0.717, 1.165) is 31.9 Å². The molecule has 0 saturated carbocycles. The molecule has 2 aromatic carbocycles. The molecule has 0 radical (unpaired) electrons. The Labute approximate surface area is 150 Å². The van der Waals surface area contributed by atoms with Gasteiger partial charge in [0.1, 0.15) is 5.01 Å². The SMILES string of the molecule is C[C@H](NCc1csc(-c2ccccc2Cl)n1)c1ccccc1Cl. The summed E-state index contributed by atoms with van der Waals surface area (Å²) in [6, 6.07) is 15.8. The van der Waals surface area contributed by atoms with E-state index in [1.54, 1.807) is 11.3 Å². The molecule has 0 unspecified atom stereocenters. The van der Waals surface area contributed by atoms with E-state index in [9.17, 15) is 0 Å². The van der Waals surface area contributed by atoms with Gasteiger partial charge in [0.2, 0.25) is 0 Å². The number of hydrogen-bond acceptors (Lipinski definition) is 3. The molecule has 0 saturated heterocycles. The van der Waals surface area contributed by atoms with E-state index < -0.39 is 0 Å². The summed E-state index contributed by atoms with van der Waals surface area (Å²) in [6.07, 6.45) is 0. The molecule has 1 heterocycles. The molecule has 3 aromatic rings. The maximum absolute atomic E-state index is 6.23. The van der Waals surface area contributed by atoms with Gasteiger partial charge in [-0.1, -0.05) is 59.6 Å². The van der Waals surface area contributed by atoms with E-state index in [2.05, 4.69) is 22.6 Å². The highest BCUT2D eigenvalue weighted by molar-refractivity contribution is 7.13. The Morgan fingerprint density at radius 3 is 2.48 bits per heavy atom. The van der Waals surface area contributed by atoms with E-state index in [0.29, 0.717) is 6.54 Å². The molecule has 2 nitrogen and oxygen atoms in total. The lowest BCUT2D eigenvalue weighted by atomic mass is 10.1. The lowest BCUT2D eigenvalue weighted by Crippen LogP contribution is -2.18. The topological polar surface area (TPSA) is 24.9 Å². The minimum atomic E-state index is 0.161. The summed E-state index contributed by atoms with van der Waals surface area (Å²) in [6.45, 7) is 2.79. The molecule has 5 heteroatoms. The third kappa shape index (κ3) is 3.93. The van der Waals surface area contributed by atoms with Crippen LogP contribution in [0.25, 0.3) is 10.6 Å². The Bertz CT molecular complexity index is 801. The number of hydrogen-bond donors (Lipinski definition) is 1. The van der Waals surface area contributed by atoms with Gasteiger partial charge < -0.3 is 5.32 Å². The van der Waals surface area contributed by atoms with Crippen molar-refractivity contribution in [3.05, 3.63) is 75.2 Å². The Morgan fingerprint density at radius 1 is 1.04 bits per heavy atom. The second-order valence-electron chi connectivity index (χ2n) is 5.25. The first-order valence-corrected chi connectivity index (χ1v) is 8.96. The molecule has 0 bridgehead atoms. The zero-order valence-corrected chi connectivity index (χ0v) is 14.9. The van der Waals surface area contributed by atoms with Crippen LogP contribution >= 0.6 is 34.5 Å². The normalized spacial score (nSPS) is 12.3. The van der Waals surface area contributed by atoms with Gasteiger partial charge in [-0.15, -0.1) is 11.3 Å². The first-order chi connectivity index (χ1) is 11.1. The standard InChI is InChI=1S/C18H16Cl2N2S/c1-12(14-6-2-4-8-16(14)19)21-10-13-11-23-18(22-13)15-7-3-5-9-17(15)20/h2-9,11-12,21H,10H2,1H3/t12-/m0/s1. The number of thiazole rings is 1. The molecule has 1 aromatic heterocycles. The van der Waals surface area contributed by atoms with Gasteiger partial charge in [-0.25, -0.2) is 4.98 Å². The van der Waals surface area contributed by atoms with Gasteiger partial charge >= 0.3 is 0 Å². The van der Waals surface area contributed by atoms with Crippen LogP contribution in [0.3, 0.4) is 0 Å². The van der Waals surface area contributed by atoms with Crippen LogP contribution in [0.5, 0.6) is 0 Å². The second kappa shape index (κ2) is 7.45. The van der Waals surface area contributed by atoms with Crippen molar-refractivity contribution < 1.29 is 0 Å².